The summed E-state index contributed by atoms with van der Waals surface area (Å²) in [7, 11) is 0. The Hall–Kier alpha value is -0.530. The first-order chi connectivity index (χ1) is 7.22. The maximum atomic E-state index is 6.18. The van der Waals surface area contributed by atoms with Crippen LogP contribution in [-0.2, 0) is 12.8 Å². The fourth-order valence-corrected chi connectivity index (χ4v) is 2.76. The lowest BCUT2D eigenvalue weighted by Crippen LogP contribution is -2.26. The van der Waals surface area contributed by atoms with Crippen molar-refractivity contribution in [2.45, 2.75) is 26.2 Å². The van der Waals surface area contributed by atoms with Crippen molar-refractivity contribution in [1.29, 1.82) is 0 Å². The minimum Gasteiger partial charge on any atom is -0.330 e. The van der Waals surface area contributed by atoms with Crippen LogP contribution in [0.15, 0.2) is 18.2 Å². The third kappa shape index (κ3) is 2.19. The summed E-state index contributed by atoms with van der Waals surface area (Å²) in [6.07, 6.45) is 3.49. The van der Waals surface area contributed by atoms with E-state index >= 15 is 0 Å². The maximum Gasteiger partial charge on any atom is 0.0440 e. The van der Waals surface area contributed by atoms with Gasteiger partial charge >= 0.3 is 0 Å². The van der Waals surface area contributed by atoms with Crippen molar-refractivity contribution in [1.82, 2.24) is 0 Å². The van der Waals surface area contributed by atoms with Crippen molar-refractivity contribution in [2.24, 2.45) is 17.6 Å². The van der Waals surface area contributed by atoms with E-state index < -0.39 is 0 Å². The van der Waals surface area contributed by atoms with Gasteiger partial charge in [-0.1, -0.05) is 30.7 Å². The lowest BCUT2D eigenvalue weighted by atomic mass is 9.78. The average molecular weight is 224 g/mol. The Bertz CT molecular complexity index is 348. The van der Waals surface area contributed by atoms with Gasteiger partial charge in [0, 0.05) is 5.02 Å². The normalized spacial score (nSPS) is 22.2. The molecule has 0 aromatic heterocycles. The molecular formula is C13H18ClN. The van der Waals surface area contributed by atoms with E-state index in [1.807, 2.05) is 6.07 Å². The molecule has 1 aromatic carbocycles. The van der Waals surface area contributed by atoms with Crippen LogP contribution in [0, 0.1) is 11.8 Å². The Morgan fingerprint density at radius 1 is 1.53 bits per heavy atom. The smallest absolute Gasteiger partial charge is 0.0440 e. The Kier molecular flexibility index (Phi) is 3.32. The van der Waals surface area contributed by atoms with Crippen molar-refractivity contribution in [3.63, 3.8) is 0 Å². The molecular weight excluding hydrogens is 206 g/mol. The van der Waals surface area contributed by atoms with Crippen LogP contribution >= 0.6 is 11.6 Å². The van der Waals surface area contributed by atoms with Crippen molar-refractivity contribution in [2.75, 3.05) is 6.54 Å². The molecule has 0 aliphatic heterocycles. The summed E-state index contributed by atoms with van der Waals surface area (Å²) in [5, 5.41) is 0.936. The third-order valence-electron chi connectivity index (χ3n) is 3.64. The molecule has 1 aliphatic carbocycles. The highest BCUT2D eigenvalue weighted by Crippen LogP contribution is 2.33. The topological polar surface area (TPSA) is 26.0 Å². The highest BCUT2D eigenvalue weighted by Gasteiger charge is 2.23. The molecule has 0 bridgehead atoms. The number of halogens is 1. The maximum absolute atomic E-state index is 6.18. The predicted molar refractivity (Wildman–Crippen MR) is 65.2 cm³/mol. The molecule has 82 valence electrons. The highest BCUT2D eigenvalue weighted by atomic mass is 35.5. The predicted octanol–water partition coefficient (Wildman–Crippen LogP) is 3.04. The van der Waals surface area contributed by atoms with Gasteiger partial charge in [0.1, 0.15) is 0 Å². The lowest BCUT2D eigenvalue weighted by Gasteiger charge is -2.29. The first kappa shape index (κ1) is 11.0. The highest BCUT2D eigenvalue weighted by molar-refractivity contribution is 6.31. The molecule has 1 aliphatic rings. The van der Waals surface area contributed by atoms with Gasteiger partial charge in [0.25, 0.3) is 0 Å². The standard InChI is InChI=1S/C13H18ClN/c1-9(8-15)10-5-6-12-11(7-10)3-2-4-13(12)14/h2-4,9-10H,5-8,15H2,1H3. The average Bonchev–Trinajstić information content (AvgIpc) is 2.28. The summed E-state index contributed by atoms with van der Waals surface area (Å²) in [5.41, 5.74) is 8.52. The van der Waals surface area contributed by atoms with E-state index in [4.69, 9.17) is 17.3 Å². The van der Waals surface area contributed by atoms with Gasteiger partial charge in [-0.05, 0) is 54.8 Å². The van der Waals surface area contributed by atoms with Gasteiger partial charge in [-0.25, -0.2) is 0 Å². The molecule has 0 saturated heterocycles. The molecule has 2 N–H and O–H groups in total. The van der Waals surface area contributed by atoms with E-state index in [-0.39, 0.29) is 0 Å². The molecule has 1 nitrogen and oxygen atoms in total. The summed E-state index contributed by atoms with van der Waals surface area (Å²) in [5.74, 6) is 1.36. The minimum absolute atomic E-state index is 0.622. The molecule has 15 heavy (non-hydrogen) atoms. The number of hydrogen-bond acceptors (Lipinski definition) is 1. The summed E-state index contributed by atoms with van der Waals surface area (Å²) < 4.78 is 0. The molecule has 2 heteroatoms. The molecule has 0 radical (unpaired) electrons. The van der Waals surface area contributed by atoms with E-state index in [0.717, 1.165) is 30.3 Å². The number of benzene rings is 1. The zero-order chi connectivity index (χ0) is 10.8. The summed E-state index contributed by atoms with van der Waals surface area (Å²) in [6, 6.07) is 6.25. The molecule has 2 unspecified atom stereocenters. The third-order valence-corrected chi connectivity index (χ3v) is 3.99. The van der Waals surface area contributed by atoms with Gasteiger partial charge in [-0.3, -0.25) is 0 Å². The molecule has 2 atom stereocenters. The molecule has 1 aromatic rings. The van der Waals surface area contributed by atoms with E-state index in [9.17, 15) is 0 Å². The Balaban J connectivity index is 2.20. The molecule has 0 fully saturated rings. The van der Waals surface area contributed by atoms with E-state index in [2.05, 4.69) is 19.1 Å². The summed E-state index contributed by atoms with van der Waals surface area (Å²) in [4.78, 5) is 0. The molecule has 0 spiro atoms. The first-order valence-corrected chi connectivity index (χ1v) is 6.06. The second kappa shape index (κ2) is 4.54. The van der Waals surface area contributed by atoms with Crippen LogP contribution in [0.1, 0.15) is 24.5 Å². The Morgan fingerprint density at radius 2 is 2.33 bits per heavy atom. The van der Waals surface area contributed by atoms with Gasteiger partial charge < -0.3 is 5.73 Å². The number of nitrogens with two attached hydrogens (primary N) is 1. The SMILES string of the molecule is CC(CN)C1CCc2c(Cl)cccc2C1. The fourth-order valence-electron chi connectivity index (χ4n) is 2.47. The van der Waals surface area contributed by atoms with E-state index in [1.54, 1.807) is 0 Å². The molecule has 2 rings (SSSR count). The van der Waals surface area contributed by atoms with Crippen LogP contribution in [0.4, 0.5) is 0 Å². The molecule has 0 saturated carbocycles. The minimum atomic E-state index is 0.622. The monoisotopic (exact) mass is 223 g/mol. The second-order valence-electron chi connectivity index (χ2n) is 4.59. The number of hydrogen-bond donors (Lipinski definition) is 1. The largest absolute Gasteiger partial charge is 0.330 e. The van der Waals surface area contributed by atoms with Crippen molar-refractivity contribution < 1.29 is 0 Å². The van der Waals surface area contributed by atoms with Crippen LogP contribution in [0.2, 0.25) is 5.02 Å². The first-order valence-electron chi connectivity index (χ1n) is 5.68. The van der Waals surface area contributed by atoms with Crippen LogP contribution in [0.25, 0.3) is 0 Å². The van der Waals surface area contributed by atoms with Crippen LogP contribution in [0.5, 0.6) is 0 Å². The van der Waals surface area contributed by atoms with Gasteiger partial charge in [0.15, 0.2) is 0 Å². The van der Waals surface area contributed by atoms with E-state index in [1.165, 1.54) is 17.5 Å². The Labute approximate surface area is 96.6 Å². The second-order valence-corrected chi connectivity index (χ2v) is 5.00. The van der Waals surface area contributed by atoms with Crippen molar-refractivity contribution >= 4 is 11.6 Å². The van der Waals surface area contributed by atoms with E-state index in [0.29, 0.717) is 5.92 Å². The molecule has 0 amide bonds. The summed E-state index contributed by atoms with van der Waals surface area (Å²) >= 11 is 6.18. The zero-order valence-electron chi connectivity index (χ0n) is 9.17. The van der Waals surface area contributed by atoms with Gasteiger partial charge in [-0.15, -0.1) is 0 Å². The van der Waals surface area contributed by atoms with Crippen LogP contribution < -0.4 is 5.73 Å². The summed E-state index contributed by atoms with van der Waals surface area (Å²) in [6.45, 7) is 3.04. The number of fused-ring (bicyclic) bond motifs is 1. The Morgan fingerprint density at radius 3 is 3.07 bits per heavy atom. The van der Waals surface area contributed by atoms with Crippen molar-refractivity contribution in [3.05, 3.63) is 34.3 Å². The quantitative estimate of drug-likeness (QED) is 0.820. The van der Waals surface area contributed by atoms with Gasteiger partial charge in [-0.2, -0.15) is 0 Å². The zero-order valence-corrected chi connectivity index (χ0v) is 9.93. The van der Waals surface area contributed by atoms with Crippen LogP contribution in [-0.4, -0.2) is 6.54 Å². The van der Waals surface area contributed by atoms with Crippen molar-refractivity contribution in [3.8, 4) is 0 Å². The van der Waals surface area contributed by atoms with Gasteiger partial charge in [0.05, 0.1) is 0 Å². The number of rotatable bonds is 2. The van der Waals surface area contributed by atoms with Gasteiger partial charge in [0.2, 0.25) is 0 Å². The molecule has 0 heterocycles. The fraction of sp³-hybridized carbons (Fsp3) is 0.538. The lowest BCUT2D eigenvalue weighted by molar-refractivity contribution is 0.327. The van der Waals surface area contributed by atoms with Crippen LogP contribution in [0.3, 0.4) is 0 Å².